The summed E-state index contributed by atoms with van der Waals surface area (Å²) >= 11 is 0. The topological polar surface area (TPSA) is 71.7 Å². The minimum absolute atomic E-state index is 0.105. The Kier molecular flexibility index (Phi) is 6.80. The number of rotatable bonds is 7. The van der Waals surface area contributed by atoms with Crippen molar-refractivity contribution in [1.82, 2.24) is 15.6 Å². The number of halogens is 1. The number of oxazole rings is 1. The van der Waals surface area contributed by atoms with Crippen molar-refractivity contribution >= 4 is 5.96 Å². The molecule has 6 nitrogen and oxygen atoms in total. The zero-order valence-electron chi connectivity index (χ0n) is 15.1. The molecule has 2 aromatic rings. The number of ether oxygens (including phenoxy) is 1. The third kappa shape index (κ3) is 5.77. The van der Waals surface area contributed by atoms with E-state index in [1.54, 1.807) is 19.2 Å². The zero-order valence-corrected chi connectivity index (χ0v) is 15.1. The lowest BCUT2D eigenvalue weighted by Crippen LogP contribution is -2.42. The van der Waals surface area contributed by atoms with Gasteiger partial charge in [0, 0.05) is 13.1 Å². The molecule has 0 saturated carbocycles. The summed E-state index contributed by atoms with van der Waals surface area (Å²) in [6, 6.07) is 6.14. The fourth-order valence-corrected chi connectivity index (χ4v) is 2.21. The minimum atomic E-state index is -0.311. The molecule has 0 aliphatic rings. The standard InChI is InChI=1S/C18H25FN4O2/c1-5-15(25-16-8-6-7-14(19)9-16)10-21-18(20-4)22-11-17-23-12(2)13(3)24-17/h6-9,15H,5,10-11H2,1-4H3,(H2,20,21,22). The second-order valence-corrected chi connectivity index (χ2v) is 5.66. The van der Waals surface area contributed by atoms with E-state index in [4.69, 9.17) is 9.15 Å². The molecule has 25 heavy (non-hydrogen) atoms. The summed E-state index contributed by atoms with van der Waals surface area (Å²) in [6.07, 6.45) is 0.671. The van der Waals surface area contributed by atoms with Crippen LogP contribution in [0, 0.1) is 19.7 Å². The Bertz CT molecular complexity index is 695. The van der Waals surface area contributed by atoms with E-state index in [9.17, 15) is 4.39 Å². The number of benzene rings is 1. The van der Waals surface area contributed by atoms with Crippen molar-refractivity contribution < 1.29 is 13.5 Å². The summed E-state index contributed by atoms with van der Waals surface area (Å²) in [5.41, 5.74) is 0.884. The largest absolute Gasteiger partial charge is 0.489 e. The first-order chi connectivity index (χ1) is 12.0. The van der Waals surface area contributed by atoms with Gasteiger partial charge in [-0.05, 0) is 32.4 Å². The summed E-state index contributed by atoms with van der Waals surface area (Å²) < 4.78 is 24.6. The molecule has 0 saturated heterocycles. The van der Waals surface area contributed by atoms with Crippen molar-refractivity contribution in [1.29, 1.82) is 0 Å². The number of aromatic nitrogens is 1. The average molecular weight is 348 g/mol. The van der Waals surface area contributed by atoms with Gasteiger partial charge in [0.1, 0.15) is 23.4 Å². The van der Waals surface area contributed by atoms with Crippen molar-refractivity contribution in [2.75, 3.05) is 13.6 Å². The van der Waals surface area contributed by atoms with Gasteiger partial charge in [-0.3, -0.25) is 4.99 Å². The molecule has 0 aliphatic carbocycles. The molecule has 1 unspecified atom stereocenters. The first-order valence-corrected chi connectivity index (χ1v) is 8.31. The van der Waals surface area contributed by atoms with Crippen LogP contribution >= 0.6 is 0 Å². The maximum Gasteiger partial charge on any atom is 0.214 e. The Hall–Kier alpha value is -2.57. The Balaban J connectivity index is 1.83. The molecule has 0 fully saturated rings. The zero-order chi connectivity index (χ0) is 18.2. The highest BCUT2D eigenvalue weighted by Crippen LogP contribution is 2.14. The van der Waals surface area contributed by atoms with Gasteiger partial charge in [-0.1, -0.05) is 13.0 Å². The first-order valence-electron chi connectivity index (χ1n) is 8.31. The van der Waals surface area contributed by atoms with E-state index >= 15 is 0 Å². The molecular weight excluding hydrogens is 323 g/mol. The van der Waals surface area contributed by atoms with Crippen LogP contribution in [0.2, 0.25) is 0 Å². The van der Waals surface area contributed by atoms with Gasteiger partial charge in [0.25, 0.3) is 0 Å². The molecule has 2 N–H and O–H groups in total. The Morgan fingerprint density at radius 3 is 2.76 bits per heavy atom. The first kappa shape index (κ1) is 18.8. The number of nitrogens with zero attached hydrogens (tertiary/aromatic N) is 2. The van der Waals surface area contributed by atoms with Crippen LogP contribution in [-0.2, 0) is 6.54 Å². The third-order valence-corrected chi connectivity index (χ3v) is 3.75. The molecule has 7 heteroatoms. The molecular formula is C18H25FN4O2. The van der Waals surface area contributed by atoms with E-state index in [2.05, 4.69) is 20.6 Å². The van der Waals surface area contributed by atoms with E-state index < -0.39 is 0 Å². The van der Waals surface area contributed by atoms with E-state index in [0.29, 0.717) is 30.7 Å². The van der Waals surface area contributed by atoms with Crippen LogP contribution in [-0.4, -0.2) is 30.6 Å². The fraction of sp³-hybridized carbons (Fsp3) is 0.444. The van der Waals surface area contributed by atoms with Crippen LogP contribution in [0.1, 0.15) is 30.7 Å². The van der Waals surface area contributed by atoms with Crippen molar-refractivity contribution in [3.8, 4) is 5.75 Å². The van der Waals surface area contributed by atoms with Crippen LogP contribution < -0.4 is 15.4 Å². The number of aryl methyl sites for hydroxylation is 2. The van der Waals surface area contributed by atoms with E-state index in [0.717, 1.165) is 17.9 Å². The van der Waals surface area contributed by atoms with Crippen LogP contribution in [0.3, 0.4) is 0 Å². The molecule has 1 aromatic carbocycles. The molecule has 2 rings (SSSR count). The smallest absolute Gasteiger partial charge is 0.214 e. The molecule has 1 atom stereocenters. The van der Waals surface area contributed by atoms with E-state index in [-0.39, 0.29) is 11.9 Å². The van der Waals surface area contributed by atoms with E-state index in [1.807, 2.05) is 20.8 Å². The highest BCUT2D eigenvalue weighted by molar-refractivity contribution is 5.79. The number of guanidine groups is 1. The van der Waals surface area contributed by atoms with Crippen LogP contribution in [0.4, 0.5) is 4.39 Å². The summed E-state index contributed by atoms with van der Waals surface area (Å²) in [5, 5.41) is 6.34. The van der Waals surface area contributed by atoms with Crippen molar-refractivity contribution in [3.63, 3.8) is 0 Å². The molecule has 0 aliphatic heterocycles. The fourth-order valence-electron chi connectivity index (χ4n) is 2.21. The van der Waals surface area contributed by atoms with Gasteiger partial charge in [0.05, 0.1) is 18.8 Å². The van der Waals surface area contributed by atoms with Crippen LogP contribution in [0.5, 0.6) is 5.75 Å². The second kappa shape index (κ2) is 9.05. The van der Waals surface area contributed by atoms with Gasteiger partial charge < -0.3 is 19.8 Å². The van der Waals surface area contributed by atoms with Crippen molar-refractivity contribution in [3.05, 3.63) is 47.4 Å². The lowest BCUT2D eigenvalue weighted by Gasteiger charge is -2.19. The lowest BCUT2D eigenvalue weighted by molar-refractivity contribution is 0.198. The second-order valence-electron chi connectivity index (χ2n) is 5.66. The van der Waals surface area contributed by atoms with Crippen molar-refractivity contribution in [2.45, 2.75) is 39.8 Å². The quantitative estimate of drug-likeness (QED) is 0.595. The summed E-state index contributed by atoms with van der Waals surface area (Å²) in [4.78, 5) is 8.49. The normalized spacial score (nSPS) is 12.8. The average Bonchev–Trinajstić information content (AvgIpc) is 2.92. The minimum Gasteiger partial charge on any atom is -0.489 e. The third-order valence-electron chi connectivity index (χ3n) is 3.75. The van der Waals surface area contributed by atoms with Gasteiger partial charge in [-0.2, -0.15) is 0 Å². The monoisotopic (exact) mass is 348 g/mol. The molecule has 0 spiro atoms. The van der Waals surface area contributed by atoms with Gasteiger partial charge >= 0.3 is 0 Å². The Morgan fingerprint density at radius 2 is 2.16 bits per heavy atom. The van der Waals surface area contributed by atoms with Gasteiger partial charge in [0.2, 0.25) is 5.89 Å². The number of aliphatic imine (C=N–C) groups is 1. The maximum absolute atomic E-state index is 13.2. The summed E-state index contributed by atoms with van der Waals surface area (Å²) in [7, 11) is 1.69. The Labute approximate surface area is 147 Å². The number of hydrogen-bond donors (Lipinski definition) is 2. The van der Waals surface area contributed by atoms with Crippen LogP contribution in [0.25, 0.3) is 0 Å². The summed E-state index contributed by atoms with van der Waals surface area (Å²) in [5.74, 6) is 2.25. The molecule has 0 amide bonds. The highest BCUT2D eigenvalue weighted by atomic mass is 19.1. The summed E-state index contributed by atoms with van der Waals surface area (Å²) in [6.45, 7) is 6.78. The SMILES string of the molecule is CCC(CNC(=NC)NCc1nc(C)c(C)o1)Oc1cccc(F)c1. The molecule has 136 valence electrons. The van der Waals surface area contributed by atoms with Crippen molar-refractivity contribution in [2.24, 2.45) is 4.99 Å². The molecule has 0 bridgehead atoms. The predicted octanol–water partition coefficient (Wildman–Crippen LogP) is 2.95. The van der Waals surface area contributed by atoms with Gasteiger partial charge in [-0.15, -0.1) is 0 Å². The predicted molar refractivity (Wildman–Crippen MR) is 95.3 cm³/mol. The van der Waals surface area contributed by atoms with E-state index in [1.165, 1.54) is 12.1 Å². The highest BCUT2D eigenvalue weighted by Gasteiger charge is 2.11. The molecule has 1 aromatic heterocycles. The van der Waals surface area contributed by atoms with Gasteiger partial charge in [-0.25, -0.2) is 9.37 Å². The maximum atomic E-state index is 13.2. The van der Waals surface area contributed by atoms with Crippen LogP contribution in [0.15, 0.2) is 33.7 Å². The number of nitrogens with one attached hydrogen (secondary N) is 2. The lowest BCUT2D eigenvalue weighted by atomic mass is 10.2. The molecule has 1 heterocycles. The molecule has 0 radical (unpaired) electrons. The van der Waals surface area contributed by atoms with Gasteiger partial charge in [0.15, 0.2) is 5.96 Å². The number of hydrogen-bond acceptors (Lipinski definition) is 4. The Morgan fingerprint density at radius 1 is 1.36 bits per heavy atom.